The Morgan fingerprint density at radius 3 is 2.39 bits per heavy atom. The Morgan fingerprint density at radius 1 is 0.818 bits per heavy atom. The van der Waals surface area contributed by atoms with Crippen LogP contribution in [0.25, 0.3) is 33.2 Å². The van der Waals surface area contributed by atoms with Crippen LogP contribution in [0.5, 0.6) is 0 Å². The largest absolute Gasteiger partial charge is 0.364 e. The van der Waals surface area contributed by atoms with Gasteiger partial charge in [-0.2, -0.15) is 5.26 Å². The van der Waals surface area contributed by atoms with Crippen molar-refractivity contribution >= 4 is 16.6 Å². The molecule has 0 spiro atoms. The fourth-order valence-corrected chi connectivity index (χ4v) is 3.83. The average Bonchev–Trinajstić information content (AvgIpc) is 2.87. The summed E-state index contributed by atoms with van der Waals surface area (Å²) in [6, 6.07) is 25.7. The Kier molecular flexibility index (Phi) is 5.44. The standard InChI is InChI=1S/C27H18FN5/c28-20-7-5-6-19(14-20)26-23-15-18(24-9-2-4-13-31-24)10-11-22(23)27(33-25(26)16-29)32-17-21-8-1-3-12-30-21/h1-15H,17H2,(H,32,33). The minimum atomic E-state index is -0.372. The highest BCUT2D eigenvalue weighted by atomic mass is 19.1. The van der Waals surface area contributed by atoms with E-state index in [4.69, 9.17) is 0 Å². The van der Waals surface area contributed by atoms with Gasteiger partial charge in [0.05, 0.1) is 17.9 Å². The molecule has 6 heteroatoms. The van der Waals surface area contributed by atoms with E-state index in [2.05, 4.69) is 26.3 Å². The van der Waals surface area contributed by atoms with Gasteiger partial charge in [0.25, 0.3) is 0 Å². The Labute approximate surface area is 190 Å². The lowest BCUT2D eigenvalue weighted by Gasteiger charge is -2.15. The molecule has 1 N–H and O–H groups in total. The zero-order valence-electron chi connectivity index (χ0n) is 17.5. The summed E-state index contributed by atoms with van der Waals surface area (Å²) < 4.78 is 14.1. The molecular formula is C27H18FN5. The maximum absolute atomic E-state index is 14.1. The molecule has 0 radical (unpaired) electrons. The van der Waals surface area contributed by atoms with Crippen molar-refractivity contribution in [1.29, 1.82) is 5.26 Å². The zero-order valence-corrected chi connectivity index (χ0v) is 17.5. The SMILES string of the molecule is N#Cc1nc(NCc2ccccn2)c2ccc(-c3ccccn3)cc2c1-c1cccc(F)c1. The van der Waals surface area contributed by atoms with Crippen LogP contribution in [-0.2, 0) is 6.54 Å². The number of anilines is 1. The van der Waals surface area contributed by atoms with E-state index in [0.29, 0.717) is 23.5 Å². The van der Waals surface area contributed by atoms with Crippen LogP contribution in [0.1, 0.15) is 11.4 Å². The topological polar surface area (TPSA) is 74.5 Å². The smallest absolute Gasteiger partial charge is 0.151 e. The van der Waals surface area contributed by atoms with Gasteiger partial charge in [-0.15, -0.1) is 0 Å². The number of rotatable bonds is 5. The second-order valence-electron chi connectivity index (χ2n) is 7.46. The van der Waals surface area contributed by atoms with E-state index in [-0.39, 0.29) is 11.5 Å². The van der Waals surface area contributed by atoms with Gasteiger partial charge in [-0.3, -0.25) is 9.97 Å². The highest BCUT2D eigenvalue weighted by molar-refractivity contribution is 6.05. The fourth-order valence-electron chi connectivity index (χ4n) is 3.83. The molecule has 5 aromatic rings. The Bertz CT molecular complexity index is 1480. The molecular weight excluding hydrogens is 413 g/mol. The predicted octanol–water partition coefficient (Wildman–Crippen LogP) is 5.98. The van der Waals surface area contributed by atoms with Crippen LogP contribution in [-0.4, -0.2) is 15.0 Å². The van der Waals surface area contributed by atoms with Crippen LogP contribution in [0.15, 0.2) is 91.3 Å². The second kappa shape index (κ2) is 8.85. The van der Waals surface area contributed by atoms with E-state index >= 15 is 0 Å². The third kappa shape index (κ3) is 4.12. The van der Waals surface area contributed by atoms with Gasteiger partial charge in [-0.1, -0.05) is 30.3 Å². The van der Waals surface area contributed by atoms with E-state index in [1.807, 2.05) is 54.6 Å². The van der Waals surface area contributed by atoms with Gasteiger partial charge in [0, 0.05) is 28.9 Å². The molecule has 5 nitrogen and oxygen atoms in total. The first-order chi connectivity index (χ1) is 16.2. The van der Waals surface area contributed by atoms with Gasteiger partial charge >= 0.3 is 0 Å². The van der Waals surface area contributed by atoms with Crippen LogP contribution >= 0.6 is 0 Å². The summed E-state index contributed by atoms with van der Waals surface area (Å²) in [4.78, 5) is 13.4. The molecule has 0 aliphatic carbocycles. The molecule has 0 aliphatic rings. The molecule has 0 fully saturated rings. The normalized spacial score (nSPS) is 10.7. The molecule has 3 aromatic heterocycles. The summed E-state index contributed by atoms with van der Waals surface area (Å²) in [6.45, 7) is 0.453. The summed E-state index contributed by atoms with van der Waals surface area (Å²) in [5.41, 5.74) is 3.96. The van der Waals surface area contributed by atoms with E-state index in [0.717, 1.165) is 27.7 Å². The monoisotopic (exact) mass is 431 g/mol. The molecule has 0 atom stereocenters. The number of hydrogen-bond acceptors (Lipinski definition) is 5. The maximum atomic E-state index is 14.1. The highest BCUT2D eigenvalue weighted by Crippen LogP contribution is 2.37. The first-order valence-electron chi connectivity index (χ1n) is 10.4. The first-order valence-corrected chi connectivity index (χ1v) is 10.4. The van der Waals surface area contributed by atoms with E-state index in [1.165, 1.54) is 12.1 Å². The van der Waals surface area contributed by atoms with Crippen LogP contribution in [0.2, 0.25) is 0 Å². The third-order valence-corrected chi connectivity index (χ3v) is 5.35. The number of fused-ring (bicyclic) bond motifs is 1. The average molecular weight is 431 g/mol. The van der Waals surface area contributed by atoms with E-state index < -0.39 is 0 Å². The van der Waals surface area contributed by atoms with Gasteiger partial charge < -0.3 is 5.32 Å². The third-order valence-electron chi connectivity index (χ3n) is 5.35. The number of benzene rings is 2. The lowest BCUT2D eigenvalue weighted by atomic mass is 9.95. The number of nitrogens with one attached hydrogen (secondary N) is 1. The molecule has 0 amide bonds. The molecule has 0 saturated carbocycles. The number of nitrogens with zero attached hydrogens (tertiary/aromatic N) is 4. The molecule has 0 unspecified atom stereocenters. The van der Waals surface area contributed by atoms with Crippen molar-refractivity contribution in [2.45, 2.75) is 6.54 Å². The maximum Gasteiger partial charge on any atom is 0.151 e. The van der Waals surface area contributed by atoms with Gasteiger partial charge in [-0.25, -0.2) is 9.37 Å². The van der Waals surface area contributed by atoms with Crippen LogP contribution in [0.3, 0.4) is 0 Å². The van der Waals surface area contributed by atoms with Crippen molar-refractivity contribution in [3.8, 4) is 28.5 Å². The van der Waals surface area contributed by atoms with E-state index in [1.54, 1.807) is 24.5 Å². The Morgan fingerprint density at radius 2 is 1.67 bits per heavy atom. The Hall–Kier alpha value is -4.63. The number of nitriles is 1. The minimum Gasteiger partial charge on any atom is -0.364 e. The molecule has 0 aliphatic heterocycles. The van der Waals surface area contributed by atoms with Crippen molar-refractivity contribution < 1.29 is 4.39 Å². The van der Waals surface area contributed by atoms with Crippen molar-refractivity contribution in [3.05, 3.63) is 108 Å². The summed E-state index contributed by atoms with van der Waals surface area (Å²) in [5, 5.41) is 14.9. The lowest BCUT2D eigenvalue weighted by molar-refractivity contribution is 0.628. The van der Waals surface area contributed by atoms with Crippen molar-refractivity contribution in [3.63, 3.8) is 0 Å². The summed E-state index contributed by atoms with van der Waals surface area (Å²) in [5.74, 6) is 0.197. The Balaban J connectivity index is 1.72. The van der Waals surface area contributed by atoms with Crippen molar-refractivity contribution in [2.75, 3.05) is 5.32 Å². The quantitative estimate of drug-likeness (QED) is 0.370. The molecule has 3 heterocycles. The number of aromatic nitrogens is 3. The fraction of sp³-hybridized carbons (Fsp3) is 0.0370. The first kappa shape index (κ1) is 20.3. The molecule has 2 aromatic carbocycles. The zero-order chi connectivity index (χ0) is 22.6. The minimum absolute atomic E-state index is 0.217. The molecule has 33 heavy (non-hydrogen) atoms. The van der Waals surface area contributed by atoms with E-state index in [9.17, 15) is 9.65 Å². The number of hydrogen-bond donors (Lipinski definition) is 1. The summed E-state index contributed by atoms with van der Waals surface area (Å²) in [7, 11) is 0. The summed E-state index contributed by atoms with van der Waals surface area (Å²) in [6.07, 6.45) is 3.47. The predicted molar refractivity (Wildman–Crippen MR) is 127 cm³/mol. The van der Waals surface area contributed by atoms with Gasteiger partial charge in [-0.05, 0) is 59.5 Å². The molecule has 0 saturated heterocycles. The van der Waals surface area contributed by atoms with Crippen molar-refractivity contribution in [2.24, 2.45) is 0 Å². The number of pyridine rings is 3. The molecule has 0 bridgehead atoms. The van der Waals surface area contributed by atoms with Crippen LogP contribution in [0.4, 0.5) is 10.2 Å². The molecule has 5 rings (SSSR count). The summed E-state index contributed by atoms with van der Waals surface area (Å²) >= 11 is 0. The van der Waals surface area contributed by atoms with Gasteiger partial charge in [0.1, 0.15) is 17.7 Å². The highest BCUT2D eigenvalue weighted by Gasteiger charge is 2.17. The van der Waals surface area contributed by atoms with Crippen molar-refractivity contribution in [1.82, 2.24) is 15.0 Å². The number of halogens is 1. The van der Waals surface area contributed by atoms with Crippen LogP contribution in [0, 0.1) is 17.1 Å². The van der Waals surface area contributed by atoms with Gasteiger partial charge in [0.2, 0.25) is 0 Å². The lowest BCUT2D eigenvalue weighted by Crippen LogP contribution is -2.06. The molecule has 158 valence electrons. The second-order valence-corrected chi connectivity index (χ2v) is 7.46. The van der Waals surface area contributed by atoms with Gasteiger partial charge in [0.15, 0.2) is 5.69 Å². The van der Waals surface area contributed by atoms with Crippen LogP contribution < -0.4 is 5.32 Å².